The summed E-state index contributed by atoms with van der Waals surface area (Å²) in [6.45, 7) is 4.98. The second-order valence-electron chi connectivity index (χ2n) is 7.93. The summed E-state index contributed by atoms with van der Waals surface area (Å²) in [5.74, 6) is -0.299. The molecule has 1 N–H and O–H groups in total. The minimum Gasteiger partial charge on any atom is -0.461 e. The van der Waals surface area contributed by atoms with Crippen LogP contribution in [-0.4, -0.2) is 25.1 Å². The molecule has 0 aliphatic heterocycles. The van der Waals surface area contributed by atoms with Gasteiger partial charge in [0.1, 0.15) is 6.61 Å². The molecule has 0 saturated heterocycles. The Balaban J connectivity index is 1.61. The molecule has 172 valence electrons. The summed E-state index contributed by atoms with van der Waals surface area (Å²) in [5.41, 5.74) is 1.72. The molecule has 0 fully saturated rings. The number of imidazole rings is 1. The van der Waals surface area contributed by atoms with Crippen molar-refractivity contribution < 1.29 is 9.53 Å². The first-order chi connectivity index (χ1) is 15.4. The first-order valence-electron chi connectivity index (χ1n) is 11.0. The van der Waals surface area contributed by atoms with Gasteiger partial charge in [0.2, 0.25) is 5.28 Å². The molecule has 0 aliphatic carbocycles. The lowest BCUT2D eigenvalue weighted by molar-refractivity contribution is -0.145. The van der Waals surface area contributed by atoms with Gasteiger partial charge >= 0.3 is 11.7 Å². The van der Waals surface area contributed by atoms with Gasteiger partial charge in [-0.1, -0.05) is 49.6 Å². The highest BCUT2D eigenvalue weighted by Gasteiger charge is 2.16. The van der Waals surface area contributed by atoms with E-state index in [0.29, 0.717) is 19.4 Å². The smallest absolute Gasteiger partial charge is 0.332 e. The molecule has 3 aromatic rings. The van der Waals surface area contributed by atoms with Gasteiger partial charge in [0.15, 0.2) is 11.2 Å². The standard InChI is InChI=1S/C23H29ClN4O4/c1-3-4-6-12-27-20-19(25-22(24)26-20)21(30)28(23(27)31)13-7-5-11-18(29)32-15-17-10-8-9-16(2)14-17/h8-10,14H,3-7,11-13,15H2,1-2H3,(H,25,26). The quantitative estimate of drug-likeness (QED) is 0.265. The van der Waals surface area contributed by atoms with Crippen molar-refractivity contribution >= 4 is 28.7 Å². The van der Waals surface area contributed by atoms with Crippen molar-refractivity contribution in [2.45, 2.75) is 72.1 Å². The Labute approximate surface area is 191 Å². The number of hydrogen-bond donors (Lipinski definition) is 1. The Morgan fingerprint density at radius 1 is 1.12 bits per heavy atom. The fourth-order valence-corrected chi connectivity index (χ4v) is 3.81. The van der Waals surface area contributed by atoms with E-state index >= 15 is 0 Å². The van der Waals surface area contributed by atoms with Crippen molar-refractivity contribution in [3.8, 4) is 0 Å². The van der Waals surface area contributed by atoms with Gasteiger partial charge in [-0.15, -0.1) is 0 Å². The van der Waals surface area contributed by atoms with Crippen LogP contribution in [0.5, 0.6) is 0 Å². The number of rotatable bonds is 11. The maximum Gasteiger partial charge on any atom is 0.332 e. The summed E-state index contributed by atoms with van der Waals surface area (Å²) in [6.07, 6.45) is 4.02. The van der Waals surface area contributed by atoms with Gasteiger partial charge in [0, 0.05) is 19.5 Å². The number of H-pyrrole nitrogens is 1. The number of esters is 1. The minimum absolute atomic E-state index is 0.0786. The first-order valence-corrected chi connectivity index (χ1v) is 11.4. The molecule has 0 aliphatic rings. The molecule has 0 unspecified atom stereocenters. The van der Waals surface area contributed by atoms with Crippen LogP contribution in [0.2, 0.25) is 5.28 Å². The third-order valence-corrected chi connectivity index (χ3v) is 5.49. The molecule has 32 heavy (non-hydrogen) atoms. The van der Waals surface area contributed by atoms with Crippen molar-refractivity contribution in [1.29, 1.82) is 0 Å². The number of nitrogens with one attached hydrogen (secondary N) is 1. The zero-order valence-corrected chi connectivity index (χ0v) is 19.3. The van der Waals surface area contributed by atoms with Crippen molar-refractivity contribution in [3.05, 3.63) is 61.5 Å². The summed E-state index contributed by atoms with van der Waals surface area (Å²) < 4.78 is 8.02. The van der Waals surface area contributed by atoms with Crippen LogP contribution in [-0.2, 0) is 29.2 Å². The highest BCUT2D eigenvalue weighted by molar-refractivity contribution is 6.28. The maximum absolute atomic E-state index is 13.0. The Morgan fingerprint density at radius 3 is 2.62 bits per heavy atom. The Hall–Kier alpha value is -2.87. The van der Waals surface area contributed by atoms with Crippen LogP contribution in [0.3, 0.4) is 0 Å². The van der Waals surface area contributed by atoms with E-state index in [1.165, 1.54) is 9.13 Å². The third-order valence-electron chi connectivity index (χ3n) is 5.31. The number of hydrogen-bond acceptors (Lipinski definition) is 5. The van der Waals surface area contributed by atoms with Crippen LogP contribution >= 0.6 is 11.6 Å². The molecule has 0 spiro atoms. The number of aromatic amines is 1. The Kier molecular flexibility index (Phi) is 8.27. The van der Waals surface area contributed by atoms with E-state index in [-0.39, 0.29) is 42.0 Å². The third kappa shape index (κ3) is 5.88. The van der Waals surface area contributed by atoms with Gasteiger partial charge in [-0.2, -0.15) is 4.98 Å². The van der Waals surface area contributed by atoms with E-state index in [2.05, 4.69) is 16.9 Å². The molecule has 0 atom stereocenters. The Morgan fingerprint density at radius 2 is 1.88 bits per heavy atom. The van der Waals surface area contributed by atoms with E-state index in [9.17, 15) is 14.4 Å². The highest BCUT2D eigenvalue weighted by Crippen LogP contribution is 2.11. The molecule has 0 saturated carbocycles. The van der Waals surface area contributed by atoms with Crippen LogP contribution in [0, 0.1) is 6.92 Å². The SMILES string of the molecule is CCCCCn1c(=O)n(CCCCC(=O)OCc2cccc(C)c2)c(=O)c2[nH]c(Cl)nc21. The first kappa shape index (κ1) is 23.8. The number of fused-ring (bicyclic) bond motifs is 1. The van der Waals surface area contributed by atoms with E-state index in [0.717, 1.165) is 30.4 Å². The minimum atomic E-state index is -0.446. The normalized spacial score (nSPS) is 11.2. The number of unbranched alkanes of at least 4 members (excludes halogenated alkanes) is 3. The van der Waals surface area contributed by atoms with Crippen LogP contribution < -0.4 is 11.2 Å². The van der Waals surface area contributed by atoms with Crippen LogP contribution in [0.1, 0.15) is 56.6 Å². The van der Waals surface area contributed by atoms with Gasteiger partial charge < -0.3 is 9.72 Å². The predicted molar refractivity (Wildman–Crippen MR) is 124 cm³/mol. The average molecular weight is 461 g/mol. The number of aromatic nitrogens is 4. The molecule has 1 aromatic carbocycles. The van der Waals surface area contributed by atoms with Crippen LogP contribution in [0.15, 0.2) is 33.9 Å². The molecule has 0 amide bonds. The largest absolute Gasteiger partial charge is 0.461 e. The van der Waals surface area contributed by atoms with Gasteiger partial charge in [-0.25, -0.2) is 4.79 Å². The zero-order valence-electron chi connectivity index (χ0n) is 18.5. The number of aryl methyl sites for hydroxylation is 2. The fourth-order valence-electron chi connectivity index (χ4n) is 3.63. The lowest BCUT2D eigenvalue weighted by Gasteiger charge is -2.11. The van der Waals surface area contributed by atoms with E-state index in [1.54, 1.807) is 0 Å². The monoisotopic (exact) mass is 460 g/mol. The number of carbonyl (C=O) groups is 1. The van der Waals surface area contributed by atoms with Gasteiger partial charge in [0.25, 0.3) is 5.56 Å². The lowest BCUT2D eigenvalue weighted by atomic mass is 10.1. The molecule has 2 aromatic heterocycles. The second kappa shape index (κ2) is 11.1. The topological polar surface area (TPSA) is 99.0 Å². The van der Waals surface area contributed by atoms with Gasteiger partial charge in [0.05, 0.1) is 0 Å². The van der Waals surface area contributed by atoms with E-state index < -0.39 is 11.2 Å². The number of carbonyl (C=O) groups excluding carboxylic acids is 1. The molecule has 9 heteroatoms. The summed E-state index contributed by atoms with van der Waals surface area (Å²) in [5, 5.41) is 0.0786. The van der Waals surface area contributed by atoms with Gasteiger partial charge in [-0.05, 0) is 43.4 Å². The van der Waals surface area contributed by atoms with Crippen LogP contribution in [0.4, 0.5) is 0 Å². The summed E-state index contributed by atoms with van der Waals surface area (Å²) in [6, 6.07) is 7.80. The maximum atomic E-state index is 13.0. The summed E-state index contributed by atoms with van der Waals surface area (Å²) in [4.78, 5) is 44.7. The number of nitrogens with zero attached hydrogens (tertiary/aromatic N) is 3. The van der Waals surface area contributed by atoms with Crippen LogP contribution in [0.25, 0.3) is 11.2 Å². The molecular formula is C23H29ClN4O4. The molecule has 8 nitrogen and oxygen atoms in total. The Bertz CT molecular complexity index is 1190. The number of benzene rings is 1. The zero-order chi connectivity index (χ0) is 23.1. The highest BCUT2D eigenvalue weighted by atomic mass is 35.5. The lowest BCUT2D eigenvalue weighted by Crippen LogP contribution is -2.40. The van der Waals surface area contributed by atoms with E-state index in [4.69, 9.17) is 16.3 Å². The second-order valence-corrected chi connectivity index (χ2v) is 8.29. The fraction of sp³-hybridized carbons (Fsp3) is 0.478. The number of ether oxygens (including phenoxy) is 1. The van der Waals surface area contributed by atoms with Gasteiger partial charge in [-0.3, -0.25) is 18.7 Å². The molecule has 0 radical (unpaired) electrons. The van der Waals surface area contributed by atoms with Crippen molar-refractivity contribution in [2.24, 2.45) is 0 Å². The molecule has 3 rings (SSSR count). The van der Waals surface area contributed by atoms with Crippen molar-refractivity contribution in [3.63, 3.8) is 0 Å². The van der Waals surface area contributed by atoms with E-state index in [1.807, 2.05) is 31.2 Å². The molecule has 0 bridgehead atoms. The van der Waals surface area contributed by atoms with Crippen molar-refractivity contribution in [2.75, 3.05) is 0 Å². The van der Waals surface area contributed by atoms with Crippen molar-refractivity contribution in [1.82, 2.24) is 19.1 Å². The number of halogens is 1. The summed E-state index contributed by atoms with van der Waals surface area (Å²) in [7, 11) is 0. The molecule has 2 heterocycles. The molecular weight excluding hydrogens is 432 g/mol. The predicted octanol–water partition coefficient (Wildman–Crippen LogP) is 3.95. The average Bonchev–Trinajstić information content (AvgIpc) is 3.16. The summed E-state index contributed by atoms with van der Waals surface area (Å²) >= 11 is 5.96.